The molecule has 0 spiro atoms. The van der Waals surface area contributed by atoms with Crippen molar-refractivity contribution in [3.63, 3.8) is 0 Å². The van der Waals surface area contributed by atoms with E-state index < -0.39 is 174 Å². The van der Waals surface area contributed by atoms with Crippen LogP contribution in [0.25, 0.3) is 10.9 Å². The van der Waals surface area contributed by atoms with Gasteiger partial charge in [-0.1, -0.05) is 76.6 Å². The molecule has 0 radical (unpaired) electrons. The van der Waals surface area contributed by atoms with Crippen LogP contribution >= 0.6 is 11.8 Å². The molecule has 32 nitrogen and oxygen atoms in total. The topological polar surface area (TPSA) is 523 Å². The zero-order chi connectivity index (χ0) is 74.9. The minimum atomic E-state index is -1.75. The first-order valence-electron chi connectivity index (χ1n) is 34.0. The average Bonchev–Trinajstić information content (AvgIpc) is 1.61. The standard InChI is InChI=1S/C69H96N16O16S/c1-6-37(4)58-68(100)82-52(32-56(72)89)62(94)75-38(5)60(92)83-53(59(73)91)34-102-35-57(90)76-49(29-39-16-20-42(86)21-17-39)63(95)77-46(14-9-10-26-70)61(93)78-47(24-25-55(71)88)69(101)85-27-11-15-54(85)67(99)81-50(30-40-18-22-43(87)23-19-40)64(96)80-51(31-41-33-74-45-13-8-7-12-44(41)45)65(97)79-48(28-36(2)3)66(98)84-58/h7-8,12-13,16-23,33,36-38,46-54,58,74,86-87H,6,9-11,14-15,24-32,34-35,70H2,1-5H3,(H2,71,88)(H2,72,89)(H2,73,91)(H,75,94)(H,76,90)(H,77,95)(H,78,93)(H,79,97)(H,80,96)(H,81,99)(H,82,100)(H,83,92)(H,84,98)/t37-,38-,46-,47-,48-,49-,50-,51-,52-,53-,54-,58-/m0/s1. The van der Waals surface area contributed by atoms with Gasteiger partial charge in [0.25, 0.3) is 0 Å². The third-order valence-corrected chi connectivity index (χ3v) is 18.6. The molecule has 2 saturated heterocycles. The van der Waals surface area contributed by atoms with Gasteiger partial charge in [0, 0.05) is 55.1 Å². The molecule has 0 aliphatic carbocycles. The van der Waals surface area contributed by atoms with Gasteiger partial charge in [-0.3, -0.25) is 67.1 Å². The lowest BCUT2D eigenvalue weighted by molar-refractivity contribution is -0.143. The Bertz CT molecular complexity index is 3650. The smallest absolute Gasteiger partial charge is 0.245 e. The minimum absolute atomic E-state index is 0.0317. The van der Waals surface area contributed by atoms with Gasteiger partial charge in [0.05, 0.1) is 12.2 Å². The number of nitrogens with one attached hydrogen (secondary N) is 11. The molecule has 0 bridgehead atoms. The van der Waals surface area contributed by atoms with Gasteiger partial charge >= 0.3 is 0 Å². The van der Waals surface area contributed by atoms with Crippen molar-refractivity contribution in [2.45, 2.75) is 185 Å². The number of aromatic hydroxyl groups is 2. The number of para-hydroxylation sites is 1. The van der Waals surface area contributed by atoms with E-state index in [4.69, 9.17) is 22.9 Å². The van der Waals surface area contributed by atoms with Crippen LogP contribution in [-0.2, 0) is 86.4 Å². The highest BCUT2D eigenvalue weighted by Crippen LogP contribution is 2.24. The van der Waals surface area contributed by atoms with Gasteiger partial charge in [0.15, 0.2) is 0 Å². The number of primary amides is 3. The van der Waals surface area contributed by atoms with Crippen molar-refractivity contribution in [2.75, 3.05) is 24.6 Å². The molecule has 0 saturated carbocycles. The molecule has 2 aliphatic rings. The van der Waals surface area contributed by atoms with Crippen molar-refractivity contribution < 1.29 is 77.3 Å². The van der Waals surface area contributed by atoms with E-state index in [1.165, 1.54) is 60.4 Å². The summed E-state index contributed by atoms with van der Waals surface area (Å²) in [4.78, 5) is 202. The number of nitrogens with two attached hydrogens (primary N) is 4. The first-order chi connectivity index (χ1) is 48.4. The second-order valence-corrected chi connectivity index (χ2v) is 27.2. The Hall–Kier alpha value is -10.3. The summed E-state index contributed by atoms with van der Waals surface area (Å²) in [6.07, 6.45) is 0.440. The summed E-state index contributed by atoms with van der Waals surface area (Å²) in [5.74, 6) is -14.9. The Labute approximate surface area is 594 Å². The summed E-state index contributed by atoms with van der Waals surface area (Å²) in [6, 6.07) is 2.18. The van der Waals surface area contributed by atoms with Crippen LogP contribution in [0.5, 0.6) is 11.5 Å². The second kappa shape index (κ2) is 39.0. The third-order valence-electron chi connectivity index (χ3n) is 17.6. The number of phenols is 2. The van der Waals surface area contributed by atoms with Crippen LogP contribution in [0.1, 0.15) is 116 Å². The molecule has 33 heteroatoms. The molecule has 3 aromatic carbocycles. The van der Waals surface area contributed by atoms with Crippen LogP contribution in [0.3, 0.4) is 0 Å². The number of phenolic OH excluding ortho intramolecular Hbond substituents is 2. The van der Waals surface area contributed by atoms with Crippen molar-refractivity contribution in [1.82, 2.24) is 63.1 Å². The van der Waals surface area contributed by atoms with E-state index >= 15 is 9.59 Å². The fraction of sp³-hybridized carbons (Fsp3) is 0.507. The van der Waals surface area contributed by atoms with Gasteiger partial charge in [-0.2, -0.15) is 0 Å². The third kappa shape index (κ3) is 24.5. The number of fused-ring (bicyclic) bond motifs is 2. The number of nitrogens with zero attached hydrogens (tertiary/aromatic N) is 1. The summed E-state index contributed by atoms with van der Waals surface area (Å²) in [5.41, 5.74) is 24.8. The zero-order valence-electron chi connectivity index (χ0n) is 57.8. The normalized spacial score (nSPS) is 24.5. The maximum Gasteiger partial charge on any atom is 0.245 e. The molecule has 2 fully saturated rings. The van der Waals surface area contributed by atoms with Crippen LogP contribution in [0.2, 0.25) is 0 Å². The number of amides is 14. The van der Waals surface area contributed by atoms with E-state index in [1.807, 2.05) is 0 Å². The van der Waals surface area contributed by atoms with E-state index in [2.05, 4.69) is 58.2 Å². The number of carbonyl (C=O) groups excluding carboxylic acids is 14. The molecular weight excluding hydrogens is 1340 g/mol. The summed E-state index contributed by atoms with van der Waals surface area (Å²) in [7, 11) is 0. The van der Waals surface area contributed by atoms with Crippen LogP contribution in [0, 0.1) is 11.8 Å². The van der Waals surface area contributed by atoms with Crippen molar-refractivity contribution in [2.24, 2.45) is 34.8 Å². The molecule has 102 heavy (non-hydrogen) atoms. The van der Waals surface area contributed by atoms with Crippen LogP contribution in [0.15, 0.2) is 79.0 Å². The van der Waals surface area contributed by atoms with Crippen molar-refractivity contribution in [1.29, 1.82) is 0 Å². The lowest BCUT2D eigenvalue weighted by Crippen LogP contribution is -2.62. The van der Waals surface area contributed by atoms with Gasteiger partial charge in [0.1, 0.15) is 78.0 Å². The number of hydrogen-bond acceptors (Lipinski definition) is 18. The molecular formula is C69H96N16O16S. The summed E-state index contributed by atoms with van der Waals surface area (Å²) in [6.45, 7) is 8.23. The molecule has 4 aromatic rings. The van der Waals surface area contributed by atoms with Crippen molar-refractivity contribution in [3.05, 3.63) is 95.7 Å². The predicted molar refractivity (Wildman–Crippen MR) is 376 cm³/mol. The Morgan fingerprint density at radius 3 is 1.71 bits per heavy atom. The number of benzene rings is 3. The highest BCUT2D eigenvalue weighted by atomic mass is 32.2. The molecule has 6 rings (SSSR count). The van der Waals surface area contributed by atoms with Crippen LogP contribution in [-0.4, -0.2) is 194 Å². The minimum Gasteiger partial charge on any atom is -0.508 e. The van der Waals surface area contributed by atoms with E-state index in [9.17, 15) is 67.7 Å². The van der Waals surface area contributed by atoms with E-state index in [0.29, 0.717) is 34.0 Å². The molecule has 554 valence electrons. The highest BCUT2D eigenvalue weighted by Gasteiger charge is 2.42. The van der Waals surface area contributed by atoms with Crippen LogP contribution in [0.4, 0.5) is 0 Å². The summed E-state index contributed by atoms with van der Waals surface area (Å²) >= 11 is 0.807. The zero-order valence-corrected chi connectivity index (χ0v) is 58.6. The number of aromatic nitrogens is 1. The maximum absolute atomic E-state index is 15.2. The number of H-pyrrole nitrogens is 1. The Kier molecular flexibility index (Phi) is 30.9. The molecule has 12 atom stereocenters. The SMILES string of the molecule is CC[C@H](C)[C@@H]1NC(=O)[C@H](CC(C)C)NC(=O)[C@H](Cc2c[nH]c3ccccc23)NC(=O)[C@H](Cc2ccc(O)cc2)NC(=O)[C@@H]2CCCN2C(=O)[C@H](CCC(N)=O)NC(=O)[C@H](CCCCN)NC(=O)[C@H](Cc2ccc(O)cc2)NC(=O)CSC[C@@H](C(N)=O)NC(=O)[C@H](C)NC(=O)[C@H](CC(N)=O)NC1=O. The first kappa shape index (κ1) is 80.7. The van der Waals surface area contributed by atoms with Gasteiger partial charge in [-0.05, 0) is 117 Å². The lowest BCUT2D eigenvalue weighted by Gasteiger charge is -2.31. The van der Waals surface area contributed by atoms with Gasteiger partial charge in [0.2, 0.25) is 82.7 Å². The van der Waals surface area contributed by atoms with E-state index in [1.54, 1.807) is 58.2 Å². The Morgan fingerprint density at radius 2 is 1.12 bits per heavy atom. The number of thioether (sulfide) groups is 1. The van der Waals surface area contributed by atoms with E-state index in [-0.39, 0.29) is 100 Å². The quantitative estimate of drug-likeness (QED) is 0.0428. The molecule has 2 aliphatic heterocycles. The number of hydrogen-bond donors (Lipinski definition) is 17. The number of aromatic amines is 1. The maximum atomic E-state index is 15.2. The van der Waals surface area contributed by atoms with Crippen molar-refractivity contribution >= 4 is 105 Å². The first-order valence-corrected chi connectivity index (χ1v) is 35.2. The highest BCUT2D eigenvalue weighted by molar-refractivity contribution is 8.00. The fourth-order valence-corrected chi connectivity index (χ4v) is 12.6. The average molecular weight is 1440 g/mol. The molecule has 14 amide bonds. The Morgan fingerprint density at radius 1 is 0.578 bits per heavy atom. The molecule has 3 heterocycles. The Balaban J connectivity index is 1.43. The predicted octanol–water partition coefficient (Wildman–Crippen LogP) is -1.94. The second-order valence-electron chi connectivity index (χ2n) is 26.2. The number of unbranched alkanes of at least 4 members (excludes halogenated alkanes) is 1. The number of rotatable bonds is 20. The number of carbonyl (C=O) groups is 14. The summed E-state index contributed by atoms with van der Waals surface area (Å²) < 4.78 is 0. The van der Waals surface area contributed by atoms with E-state index in [0.717, 1.165) is 11.8 Å². The lowest BCUT2D eigenvalue weighted by atomic mass is 9.96. The summed E-state index contributed by atoms with van der Waals surface area (Å²) in [5, 5.41) is 47.3. The van der Waals surface area contributed by atoms with Gasteiger partial charge < -0.3 is 96.2 Å². The molecule has 0 unspecified atom stereocenters. The van der Waals surface area contributed by atoms with Crippen molar-refractivity contribution in [3.8, 4) is 11.5 Å². The fourth-order valence-electron chi connectivity index (χ4n) is 11.8. The van der Waals surface area contributed by atoms with Gasteiger partial charge in [-0.25, -0.2) is 0 Å². The van der Waals surface area contributed by atoms with Crippen LogP contribution < -0.4 is 76.1 Å². The largest absolute Gasteiger partial charge is 0.508 e. The molecule has 21 N–H and O–H groups in total. The molecule has 1 aromatic heterocycles. The monoisotopic (exact) mass is 1440 g/mol. The van der Waals surface area contributed by atoms with Gasteiger partial charge in [-0.15, -0.1) is 11.8 Å².